The number of methoxy groups -OCH3 is 1. The first-order valence-corrected chi connectivity index (χ1v) is 6.51. The summed E-state index contributed by atoms with van der Waals surface area (Å²) < 4.78 is 4.98. The van der Waals surface area contributed by atoms with E-state index in [1.54, 1.807) is 19.2 Å². The molecule has 0 aromatic heterocycles. The Bertz CT molecular complexity index is 463. The fraction of sp³-hybridized carbons (Fsp3) is 0.538. The van der Waals surface area contributed by atoms with Crippen molar-refractivity contribution in [1.82, 2.24) is 0 Å². The second kappa shape index (κ2) is 6.38. The van der Waals surface area contributed by atoms with Crippen molar-refractivity contribution in [3.63, 3.8) is 0 Å². The molecule has 0 atom stereocenters. The smallest absolute Gasteiger partial charge is 0.292 e. The molecule has 2 N–H and O–H groups in total. The van der Waals surface area contributed by atoms with E-state index >= 15 is 0 Å². The molecule has 1 aliphatic rings. The highest BCUT2D eigenvalue weighted by Gasteiger charge is 2.23. The van der Waals surface area contributed by atoms with Crippen LogP contribution in [-0.4, -0.2) is 31.7 Å². The lowest BCUT2D eigenvalue weighted by atomic mass is 10.1. The number of nitrogens with zero attached hydrogens (tertiary/aromatic N) is 1. The van der Waals surface area contributed by atoms with Gasteiger partial charge in [0.15, 0.2) is 0 Å². The number of unbranched alkanes of at least 4 members (excludes halogenated alkanes) is 1. The van der Waals surface area contributed by atoms with Crippen LogP contribution >= 0.6 is 0 Å². The van der Waals surface area contributed by atoms with E-state index in [-0.39, 0.29) is 10.6 Å². The van der Waals surface area contributed by atoms with Crippen LogP contribution in [0.2, 0.25) is 0 Å². The average Bonchev–Trinajstić information content (AvgIpc) is 2.86. The van der Waals surface area contributed by atoms with Crippen molar-refractivity contribution in [2.45, 2.75) is 19.3 Å². The Labute approximate surface area is 112 Å². The summed E-state index contributed by atoms with van der Waals surface area (Å²) in [6.45, 7) is 2.29. The highest BCUT2D eigenvalue weighted by atomic mass is 16.6. The molecule has 0 spiro atoms. The largest absolute Gasteiger partial charge is 0.385 e. The summed E-state index contributed by atoms with van der Waals surface area (Å²) >= 11 is 0. The molecule has 0 radical (unpaired) electrons. The molecule has 0 amide bonds. The SMILES string of the molecule is COCCCCNc1c([N+](=O)[O-])ccc2c1CCN2. The minimum atomic E-state index is -0.323. The van der Waals surface area contributed by atoms with Crippen molar-refractivity contribution in [3.8, 4) is 0 Å². The number of hydrogen-bond acceptors (Lipinski definition) is 5. The van der Waals surface area contributed by atoms with Gasteiger partial charge in [-0.15, -0.1) is 0 Å². The fourth-order valence-electron chi connectivity index (χ4n) is 2.32. The Kier molecular flexibility index (Phi) is 4.57. The third-order valence-electron chi connectivity index (χ3n) is 3.26. The maximum absolute atomic E-state index is 11.1. The summed E-state index contributed by atoms with van der Waals surface area (Å²) in [7, 11) is 1.67. The molecule has 0 unspecified atom stereocenters. The normalized spacial score (nSPS) is 12.9. The molecule has 0 aliphatic carbocycles. The second-order valence-electron chi connectivity index (χ2n) is 4.55. The maximum Gasteiger partial charge on any atom is 0.292 e. The molecule has 1 aliphatic heterocycles. The molecular formula is C13H19N3O3. The van der Waals surface area contributed by atoms with Crippen LogP contribution in [0.15, 0.2) is 12.1 Å². The van der Waals surface area contributed by atoms with Crippen molar-refractivity contribution >= 4 is 17.1 Å². The Hall–Kier alpha value is -1.82. The van der Waals surface area contributed by atoms with Crippen molar-refractivity contribution in [2.75, 3.05) is 37.4 Å². The van der Waals surface area contributed by atoms with Crippen LogP contribution in [0, 0.1) is 10.1 Å². The Balaban J connectivity index is 2.08. The van der Waals surface area contributed by atoms with E-state index in [2.05, 4.69) is 10.6 Å². The predicted molar refractivity (Wildman–Crippen MR) is 74.9 cm³/mol. The highest BCUT2D eigenvalue weighted by molar-refractivity contribution is 5.76. The van der Waals surface area contributed by atoms with Crippen LogP contribution in [0.1, 0.15) is 18.4 Å². The topological polar surface area (TPSA) is 76.4 Å². The number of nitro benzene ring substituents is 1. The van der Waals surface area contributed by atoms with Gasteiger partial charge in [-0.05, 0) is 25.3 Å². The molecule has 6 heteroatoms. The standard InChI is InChI=1S/C13H19N3O3/c1-19-9-3-2-7-15-13-10-6-8-14-11(10)4-5-12(13)16(17)18/h4-5,14-15H,2-3,6-9H2,1H3. The van der Waals surface area contributed by atoms with Gasteiger partial charge in [-0.2, -0.15) is 0 Å². The zero-order valence-electron chi connectivity index (χ0n) is 11.1. The van der Waals surface area contributed by atoms with Gasteiger partial charge in [-0.3, -0.25) is 10.1 Å². The summed E-state index contributed by atoms with van der Waals surface area (Å²) in [5, 5.41) is 17.5. The zero-order chi connectivity index (χ0) is 13.7. The van der Waals surface area contributed by atoms with Gasteiger partial charge in [-0.25, -0.2) is 0 Å². The maximum atomic E-state index is 11.1. The van der Waals surface area contributed by atoms with E-state index in [0.717, 1.165) is 50.2 Å². The average molecular weight is 265 g/mol. The predicted octanol–water partition coefficient (Wildman–Crippen LogP) is 2.40. The van der Waals surface area contributed by atoms with Gasteiger partial charge in [0.2, 0.25) is 0 Å². The van der Waals surface area contributed by atoms with Crippen molar-refractivity contribution in [1.29, 1.82) is 0 Å². The van der Waals surface area contributed by atoms with E-state index in [1.807, 2.05) is 0 Å². The summed E-state index contributed by atoms with van der Waals surface area (Å²) in [5.41, 5.74) is 2.87. The number of nitro groups is 1. The number of hydrogen-bond donors (Lipinski definition) is 2. The number of nitrogens with one attached hydrogen (secondary N) is 2. The van der Waals surface area contributed by atoms with E-state index in [4.69, 9.17) is 4.74 Å². The number of anilines is 2. The first-order chi connectivity index (χ1) is 9.24. The summed E-state index contributed by atoms with van der Waals surface area (Å²) in [6, 6.07) is 3.35. The molecule has 1 heterocycles. The molecule has 6 nitrogen and oxygen atoms in total. The van der Waals surface area contributed by atoms with Gasteiger partial charge in [0.1, 0.15) is 5.69 Å². The molecule has 1 aromatic rings. The van der Waals surface area contributed by atoms with Crippen LogP contribution in [-0.2, 0) is 11.2 Å². The molecule has 0 saturated carbocycles. The molecule has 19 heavy (non-hydrogen) atoms. The Morgan fingerprint density at radius 2 is 2.32 bits per heavy atom. The summed E-state index contributed by atoms with van der Waals surface area (Å²) in [6.07, 6.45) is 2.71. The van der Waals surface area contributed by atoms with Crippen LogP contribution in [0.4, 0.5) is 17.1 Å². The quantitative estimate of drug-likeness (QED) is 0.450. The van der Waals surface area contributed by atoms with E-state index in [0.29, 0.717) is 5.69 Å². The lowest BCUT2D eigenvalue weighted by Crippen LogP contribution is -2.07. The van der Waals surface area contributed by atoms with E-state index in [9.17, 15) is 10.1 Å². The van der Waals surface area contributed by atoms with Crippen LogP contribution < -0.4 is 10.6 Å². The lowest BCUT2D eigenvalue weighted by Gasteiger charge is -2.11. The van der Waals surface area contributed by atoms with Gasteiger partial charge >= 0.3 is 0 Å². The number of ether oxygens (including phenoxy) is 1. The van der Waals surface area contributed by atoms with Gasteiger partial charge in [0, 0.05) is 44.1 Å². The molecule has 1 aromatic carbocycles. The lowest BCUT2D eigenvalue weighted by molar-refractivity contribution is -0.384. The van der Waals surface area contributed by atoms with Gasteiger partial charge in [0.05, 0.1) is 4.92 Å². The monoisotopic (exact) mass is 265 g/mol. The van der Waals surface area contributed by atoms with Gasteiger partial charge in [0.25, 0.3) is 5.69 Å². The summed E-state index contributed by atoms with van der Waals surface area (Å²) in [4.78, 5) is 10.8. The van der Waals surface area contributed by atoms with E-state index in [1.165, 1.54) is 0 Å². The minimum absolute atomic E-state index is 0.161. The highest BCUT2D eigenvalue weighted by Crippen LogP contribution is 2.36. The van der Waals surface area contributed by atoms with Crippen molar-refractivity contribution < 1.29 is 9.66 Å². The van der Waals surface area contributed by atoms with Crippen LogP contribution in [0.25, 0.3) is 0 Å². The number of fused-ring (bicyclic) bond motifs is 1. The zero-order valence-corrected chi connectivity index (χ0v) is 11.1. The minimum Gasteiger partial charge on any atom is -0.385 e. The Morgan fingerprint density at radius 1 is 1.47 bits per heavy atom. The van der Waals surface area contributed by atoms with Crippen molar-refractivity contribution in [3.05, 3.63) is 27.8 Å². The first kappa shape index (κ1) is 13.6. The second-order valence-corrected chi connectivity index (χ2v) is 4.55. The number of benzene rings is 1. The molecular weight excluding hydrogens is 246 g/mol. The molecule has 0 fully saturated rings. The fourth-order valence-corrected chi connectivity index (χ4v) is 2.32. The molecule has 2 rings (SSSR count). The van der Waals surface area contributed by atoms with Gasteiger partial charge in [-0.1, -0.05) is 0 Å². The first-order valence-electron chi connectivity index (χ1n) is 6.51. The van der Waals surface area contributed by atoms with Gasteiger partial charge < -0.3 is 15.4 Å². The van der Waals surface area contributed by atoms with Crippen molar-refractivity contribution in [2.24, 2.45) is 0 Å². The third-order valence-corrected chi connectivity index (χ3v) is 3.26. The number of rotatable bonds is 7. The van der Waals surface area contributed by atoms with Crippen LogP contribution in [0.3, 0.4) is 0 Å². The van der Waals surface area contributed by atoms with E-state index < -0.39 is 0 Å². The molecule has 0 saturated heterocycles. The third kappa shape index (κ3) is 3.14. The molecule has 104 valence electrons. The Morgan fingerprint density at radius 3 is 3.05 bits per heavy atom. The van der Waals surface area contributed by atoms with Crippen LogP contribution in [0.5, 0.6) is 0 Å². The molecule has 0 bridgehead atoms. The summed E-state index contributed by atoms with van der Waals surface area (Å²) in [5.74, 6) is 0.